The fraction of sp³-hybridized carbons (Fsp3) is 0.167. The molecule has 5 heteroatoms. The second kappa shape index (κ2) is 6.44. The van der Waals surface area contributed by atoms with Gasteiger partial charge in [-0.1, -0.05) is 18.2 Å². The van der Waals surface area contributed by atoms with E-state index in [1.807, 2.05) is 67.2 Å². The third kappa shape index (κ3) is 3.29. The van der Waals surface area contributed by atoms with Crippen LogP contribution in [0.15, 0.2) is 54.7 Å². The summed E-state index contributed by atoms with van der Waals surface area (Å²) in [5.41, 5.74) is 3.77. The highest BCUT2D eigenvalue weighted by molar-refractivity contribution is 6.00. The molecule has 2 amide bonds. The molecule has 23 heavy (non-hydrogen) atoms. The van der Waals surface area contributed by atoms with Crippen molar-refractivity contribution in [2.75, 3.05) is 17.2 Å². The Labute approximate surface area is 135 Å². The van der Waals surface area contributed by atoms with E-state index in [4.69, 9.17) is 0 Å². The lowest BCUT2D eigenvalue weighted by Gasteiger charge is -2.12. The summed E-state index contributed by atoms with van der Waals surface area (Å²) in [6.45, 7) is 2.48. The van der Waals surface area contributed by atoms with E-state index in [2.05, 4.69) is 22.0 Å². The molecule has 1 heterocycles. The van der Waals surface area contributed by atoms with Crippen molar-refractivity contribution in [1.29, 1.82) is 0 Å². The predicted molar refractivity (Wildman–Crippen MR) is 95.3 cm³/mol. The molecule has 0 fully saturated rings. The summed E-state index contributed by atoms with van der Waals surface area (Å²) in [6.07, 6.45) is 2.01. The lowest BCUT2D eigenvalue weighted by molar-refractivity contribution is 0.252. The zero-order valence-corrected chi connectivity index (χ0v) is 13.3. The number of amides is 2. The summed E-state index contributed by atoms with van der Waals surface area (Å²) in [6, 6.07) is 15.8. The van der Waals surface area contributed by atoms with Crippen molar-refractivity contribution in [3.05, 3.63) is 54.7 Å². The van der Waals surface area contributed by atoms with Gasteiger partial charge < -0.3 is 20.5 Å². The van der Waals surface area contributed by atoms with Crippen molar-refractivity contribution >= 4 is 34.0 Å². The molecule has 0 aliphatic heterocycles. The summed E-state index contributed by atoms with van der Waals surface area (Å²) in [5, 5.41) is 10.1. The number of carbonyl (C=O) groups is 1. The van der Waals surface area contributed by atoms with Gasteiger partial charge in [-0.2, -0.15) is 0 Å². The quantitative estimate of drug-likeness (QED) is 0.680. The molecule has 3 rings (SSSR count). The molecule has 2 aromatic carbocycles. The Bertz CT molecular complexity index is 824. The zero-order chi connectivity index (χ0) is 16.2. The third-order valence-electron chi connectivity index (χ3n) is 3.65. The molecule has 0 saturated heterocycles. The molecular weight excluding hydrogens is 288 g/mol. The van der Waals surface area contributed by atoms with Gasteiger partial charge in [-0.05, 0) is 37.3 Å². The summed E-state index contributed by atoms with van der Waals surface area (Å²) in [5.74, 6) is 0. The topological polar surface area (TPSA) is 58.1 Å². The minimum absolute atomic E-state index is 0.202. The fourth-order valence-electron chi connectivity index (χ4n) is 2.56. The highest BCUT2D eigenvalue weighted by atomic mass is 16.2. The van der Waals surface area contributed by atoms with E-state index in [-0.39, 0.29) is 6.03 Å². The summed E-state index contributed by atoms with van der Waals surface area (Å²) in [7, 11) is 1.99. The summed E-state index contributed by atoms with van der Waals surface area (Å²) in [4.78, 5) is 11.8. The van der Waals surface area contributed by atoms with E-state index >= 15 is 0 Å². The number of carbonyl (C=O) groups excluding carboxylic acids is 1. The molecule has 0 aliphatic rings. The number of nitrogens with zero attached hydrogens (tertiary/aromatic N) is 1. The zero-order valence-electron chi connectivity index (χ0n) is 13.3. The monoisotopic (exact) mass is 308 g/mol. The Balaban J connectivity index is 1.99. The third-order valence-corrected chi connectivity index (χ3v) is 3.65. The highest BCUT2D eigenvalue weighted by Crippen LogP contribution is 2.31. The lowest BCUT2D eigenvalue weighted by atomic mass is 10.1. The van der Waals surface area contributed by atoms with Crippen LogP contribution >= 0.6 is 0 Å². The number of benzene rings is 2. The van der Waals surface area contributed by atoms with Crippen LogP contribution in [0.2, 0.25) is 0 Å². The standard InChI is InChI=1S/C18H20N4O/c1-3-19-18(23)21-14-11-16(20-13-7-5-4-6-8-13)15-9-10-22(2)17(15)12-14/h4-12,20H,3H2,1-2H3,(H2,19,21,23). The Morgan fingerprint density at radius 1 is 1.09 bits per heavy atom. The number of hydrogen-bond acceptors (Lipinski definition) is 2. The molecule has 5 nitrogen and oxygen atoms in total. The van der Waals surface area contributed by atoms with Gasteiger partial charge in [0.05, 0.1) is 5.52 Å². The molecule has 0 aliphatic carbocycles. The number of nitrogens with one attached hydrogen (secondary N) is 3. The van der Waals surface area contributed by atoms with Crippen LogP contribution in [0.3, 0.4) is 0 Å². The minimum atomic E-state index is -0.202. The number of aryl methyl sites for hydroxylation is 1. The normalized spacial score (nSPS) is 10.5. The number of fused-ring (bicyclic) bond motifs is 1. The smallest absolute Gasteiger partial charge is 0.319 e. The number of aromatic nitrogens is 1. The molecule has 0 saturated carbocycles. The van der Waals surface area contributed by atoms with Crippen LogP contribution in [0.4, 0.5) is 21.9 Å². The van der Waals surface area contributed by atoms with Gasteiger partial charge in [-0.15, -0.1) is 0 Å². The summed E-state index contributed by atoms with van der Waals surface area (Å²) >= 11 is 0. The average Bonchev–Trinajstić information content (AvgIpc) is 2.90. The van der Waals surface area contributed by atoms with Gasteiger partial charge in [0.15, 0.2) is 0 Å². The minimum Gasteiger partial charge on any atom is -0.355 e. The molecule has 3 aromatic rings. The number of hydrogen-bond donors (Lipinski definition) is 3. The van der Waals surface area contributed by atoms with Gasteiger partial charge >= 0.3 is 6.03 Å². The Morgan fingerprint density at radius 2 is 1.87 bits per heavy atom. The SMILES string of the molecule is CCNC(=O)Nc1cc(Nc2ccccc2)c2ccn(C)c2c1. The van der Waals surface area contributed by atoms with Gasteiger partial charge in [-0.25, -0.2) is 4.79 Å². The van der Waals surface area contributed by atoms with Crippen molar-refractivity contribution in [3.8, 4) is 0 Å². The average molecular weight is 308 g/mol. The Morgan fingerprint density at radius 3 is 2.61 bits per heavy atom. The van der Waals surface area contributed by atoms with Gasteiger partial charge in [0.1, 0.15) is 0 Å². The fourth-order valence-corrected chi connectivity index (χ4v) is 2.56. The number of anilines is 3. The largest absolute Gasteiger partial charge is 0.355 e. The van der Waals surface area contributed by atoms with Crippen molar-refractivity contribution in [3.63, 3.8) is 0 Å². The Kier molecular flexibility index (Phi) is 4.19. The first-order chi connectivity index (χ1) is 11.2. The Hall–Kier alpha value is -2.95. The number of para-hydroxylation sites is 1. The molecule has 3 N–H and O–H groups in total. The van der Waals surface area contributed by atoms with Crippen molar-refractivity contribution in [1.82, 2.24) is 9.88 Å². The molecule has 1 aromatic heterocycles. The summed E-state index contributed by atoms with van der Waals surface area (Å²) < 4.78 is 2.04. The first kappa shape index (κ1) is 15.0. The number of urea groups is 1. The maximum Gasteiger partial charge on any atom is 0.319 e. The van der Waals surface area contributed by atoms with Crippen LogP contribution in [0, 0.1) is 0 Å². The van der Waals surface area contributed by atoms with Gasteiger partial charge in [0, 0.05) is 42.2 Å². The van der Waals surface area contributed by atoms with E-state index < -0.39 is 0 Å². The highest BCUT2D eigenvalue weighted by Gasteiger charge is 2.09. The molecule has 0 bridgehead atoms. The molecule has 0 radical (unpaired) electrons. The lowest BCUT2D eigenvalue weighted by Crippen LogP contribution is -2.28. The van der Waals surface area contributed by atoms with Gasteiger partial charge in [0.25, 0.3) is 0 Å². The predicted octanol–water partition coefficient (Wildman–Crippen LogP) is 4.06. The second-order valence-electron chi connectivity index (χ2n) is 5.36. The van der Waals surface area contributed by atoms with E-state index in [1.54, 1.807) is 0 Å². The van der Waals surface area contributed by atoms with E-state index in [1.165, 1.54) is 0 Å². The van der Waals surface area contributed by atoms with Crippen molar-refractivity contribution in [2.24, 2.45) is 7.05 Å². The molecule has 0 unspecified atom stereocenters. The maximum atomic E-state index is 11.8. The van der Waals surface area contributed by atoms with Crippen LogP contribution in [0.1, 0.15) is 6.92 Å². The maximum absolute atomic E-state index is 11.8. The molecule has 0 spiro atoms. The van der Waals surface area contributed by atoms with E-state index in [9.17, 15) is 4.79 Å². The van der Waals surface area contributed by atoms with Crippen LogP contribution in [0.25, 0.3) is 10.9 Å². The van der Waals surface area contributed by atoms with Gasteiger partial charge in [0.2, 0.25) is 0 Å². The van der Waals surface area contributed by atoms with Crippen LogP contribution < -0.4 is 16.0 Å². The molecular formula is C18H20N4O. The van der Waals surface area contributed by atoms with Crippen molar-refractivity contribution in [2.45, 2.75) is 6.92 Å². The molecule has 0 atom stereocenters. The van der Waals surface area contributed by atoms with Crippen LogP contribution in [0.5, 0.6) is 0 Å². The van der Waals surface area contributed by atoms with Crippen LogP contribution in [-0.2, 0) is 7.05 Å². The molecule has 118 valence electrons. The van der Waals surface area contributed by atoms with Crippen molar-refractivity contribution < 1.29 is 4.79 Å². The van der Waals surface area contributed by atoms with E-state index in [0.29, 0.717) is 6.54 Å². The second-order valence-corrected chi connectivity index (χ2v) is 5.36. The van der Waals surface area contributed by atoms with E-state index in [0.717, 1.165) is 28.0 Å². The number of rotatable bonds is 4. The van der Waals surface area contributed by atoms with Crippen LogP contribution in [-0.4, -0.2) is 17.1 Å². The first-order valence-corrected chi connectivity index (χ1v) is 7.63. The van der Waals surface area contributed by atoms with Gasteiger partial charge in [-0.3, -0.25) is 0 Å². The first-order valence-electron chi connectivity index (χ1n) is 7.63.